The molecular formula is C20H18N6O3S2. The Hall–Kier alpha value is -3.49. The van der Waals surface area contributed by atoms with E-state index in [-0.39, 0.29) is 23.2 Å². The molecule has 0 atom stereocenters. The third kappa shape index (κ3) is 6.24. The molecule has 0 spiro atoms. The third-order valence-electron chi connectivity index (χ3n) is 3.93. The van der Waals surface area contributed by atoms with Gasteiger partial charge in [0.25, 0.3) is 10.0 Å². The number of benzene rings is 1. The molecule has 158 valence electrons. The molecule has 2 N–H and O–H groups in total. The number of nitriles is 1. The van der Waals surface area contributed by atoms with E-state index in [4.69, 9.17) is 5.26 Å². The molecule has 9 nitrogen and oxygen atoms in total. The van der Waals surface area contributed by atoms with E-state index in [1.807, 2.05) is 6.92 Å². The number of carbonyl (C=O) groups excluding carboxylic acids is 1. The maximum Gasteiger partial charge on any atom is 0.264 e. The molecule has 0 aliphatic heterocycles. The molecule has 0 aliphatic carbocycles. The van der Waals surface area contributed by atoms with Crippen LogP contribution in [0.4, 0.5) is 11.6 Å². The van der Waals surface area contributed by atoms with Gasteiger partial charge in [-0.3, -0.25) is 4.79 Å². The molecule has 0 saturated heterocycles. The number of thioether (sulfide) groups is 1. The molecule has 0 saturated carbocycles. The van der Waals surface area contributed by atoms with Crippen LogP contribution in [0.1, 0.15) is 17.7 Å². The molecule has 2 heterocycles. The maximum atomic E-state index is 12.4. The molecule has 0 radical (unpaired) electrons. The number of hydrogen-bond donors (Lipinski definition) is 2. The normalized spacial score (nSPS) is 10.8. The second kappa shape index (κ2) is 10.0. The van der Waals surface area contributed by atoms with E-state index in [1.54, 1.807) is 18.2 Å². The lowest BCUT2D eigenvalue weighted by Gasteiger charge is -2.08. The minimum atomic E-state index is -3.84. The van der Waals surface area contributed by atoms with Crippen LogP contribution >= 0.6 is 11.8 Å². The summed E-state index contributed by atoms with van der Waals surface area (Å²) in [6.45, 7) is 1.84. The van der Waals surface area contributed by atoms with Crippen LogP contribution in [0, 0.1) is 18.3 Å². The van der Waals surface area contributed by atoms with Crippen LogP contribution in [0.3, 0.4) is 0 Å². The summed E-state index contributed by atoms with van der Waals surface area (Å²) in [4.78, 5) is 24.2. The average Bonchev–Trinajstić information content (AvgIpc) is 2.75. The predicted octanol–water partition coefficient (Wildman–Crippen LogP) is 2.97. The molecule has 11 heteroatoms. The van der Waals surface area contributed by atoms with Crippen molar-refractivity contribution in [2.45, 2.75) is 23.3 Å². The van der Waals surface area contributed by atoms with Gasteiger partial charge in [0, 0.05) is 35.9 Å². The fraction of sp³-hybridized carbons (Fsp3) is 0.150. The van der Waals surface area contributed by atoms with Crippen molar-refractivity contribution >= 4 is 39.3 Å². The zero-order valence-corrected chi connectivity index (χ0v) is 18.1. The lowest BCUT2D eigenvalue weighted by molar-refractivity contribution is -0.115. The van der Waals surface area contributed by atoms with Gasteiger partial charge in [0.1, 0.15) is 11.1 Å². The first kappa shape index (κ1) is 22.2. The van der Waals surface area contributed by atoms with Crippen LogP contribution in [0.5, 0.6) is 0 Å². The summed E-state index contributed by atoms with van der Waals surface area (Å²) in [6.07, 6.45) is 3.06. The molecule has 0 unspecified atom stereocenters. The molecule has 3 aromatic rings. The van der Waals surface area contributed by atoms with Crippen LogP contribution in [0.25, 0.3) is 0 Å². The summed E-state index contributed by atoms with van der Waals surface area (Å²) in [6, 6.07) is 12.9. The number of nitrogens with zero attached hydrogens (tertiary/aromatic N) is 4. The first-order valence-corrected chi connectivity index (χ1v) is 11.5. The fourth-order valence-electron chi connectivity index (χ4n) is 2.44. The predicted molar refractivity (Wildman–Crippen MR) is 117 cm³/mol. The number of anilines is 2. The summed E-state index contributed by atoms with van der Waals surface area (Å²) in [5, 5.41) is 12.5. The number of carbonyl (C=O) groups is 1. The summed E-state index contributed by atoms with van der Waals surface area (Å²) in [7, 11) is -3.84. The highest BCUT2D eigenvalue weighted by Crippen LogP contribution is 2.22. The lowest BCUT2D eigenvalue weighted by Crippen LogP contribution is -2.15. The van der Waals surface area contributed by atoms with Crippen molar-refractivity contribution in [2.75, 3.05) is 15.8 Å². The second-order valence-electron chi connectivity index (χ2n) is 6.27. The molecular weight excluding hydrogens is 436 g/mol. The zero-order valence-electron chi connectivity index (χ0n) is 16.4. The van der Waals surface area contributed by atoms with Crippen LogP contribution in [0.15, 0.2) is 64.8 Å². The number of pyridine rings is 1. The van der Waals surface area contributed by atoms with E-state index < -0.39 is 10.0 Å². The van der Waals surface area contributed by atoms with Gasteiger partial charge < -0.3 is 5.32 Å². The highest BCUT2D eigenvalue weighted by molar-refractivity contribution is 7.99. The minimum Gasteiger partial charge on any atom is -0.326 e. The smallest absolute Gasteiger partial charge is 0.264 e. The quantitative estimate of drug-likeness (QED) is 0.496. The van der Waals surface area contributed by atoms with E-state index >= 15 is 0 Å². The van der Waals surface area contributed by atoms with Crippen molar-refractivity contribution in [1.29, 1.82) is 5.26 Å². The average molecular weight is 455 g/mol. The van der Waals surface area contributed by atoms with Crippen molar-refractivity contribution < 1.29 is 13.2 Å². The maximum absolute atomic E-state index is 12.4. The van der Waals surface area contributed by atoms with E-state index in [1.165, 1.54) is 48.4 Å². The van der Waals surface area contributed by atoms with E-state index in [2.05, 4.69) is 31.1 Å². The van der Waals surface area contributed by atoms with Gasteiger partial charge >= 0.3 is 0 Å². The van der Waals surface area contributed by atoms with Gasteiger partial charge in [-0.1, -0.05) is 0 Å². The fourth-order valence-corrected chi connectivity index (χ4v) is 4.36. The Bertz CT molecular complexity index is 1210. The molecule has 1 amide bonds. The van der Waals surface area contributed by atoms with Gasteiger partial charge in [0.05, 0.1) is 10.5 Å². The Kier molecular flexibility index (Phi) is 7.17. The Morgan fingerprint density at radius 1 is 1.13 bits per heavy atom. The van der Waals surface area contributed by atoms with Gasteiger partial charge in [-0.25, -0.2) is 28.1 Å². The Labute approximate surface area is 184 Å². The van der Waals surface area contributed by atoms with Gasteiger partial charge in [0.15, 0.2) is 0 Å². The van der Waals surface area contributed by atoms with E-state index in [0.717, 1.165) is 5.69 Å². The number of hydrogen-bond acceptors (Lipinski definition) is 8. The number of sulfonamides is 1. The van der Waals surface area contributed by atoms with E-state index in [9.17, 15) is 13.2 Å². The number of amides is 1. The van der Waals surface area contributed by atoms with Gasteiger partial charge in [0.2, 0.25) is 11.9 Å². The van der Waals surface area contributed by atoms with Crippen molar-refractivity contribution in [2.24, 2.45) is 0 Å². The highest BCUT2D eigenvalue weighted by atomic mass is 32.2. The number of rotatable bonds is 8. The van der Waals surface area contributed by atoms with Gasteiger partial charge in [-0.15, -0.1) is 11.8 Å². The summed E-state index contributed by atoms with van der Waals surface area (Å²) in [5.41, 5.74) is 1.74. The Morgan fingerprint density at radius 3 is 2.52 bits per heavy atom. The first-order valence-electron chi connectivity index (χ1n) is 9.08. The van der Waals surface area contributed by atoms with Crippen LogP contribution in [-0.2, 0) is 14.8 Å². The van der Waals surface area contributed by atoms with Crippen LogP contribution in [0.2, 0.25) is 0 Å². The molecule has 0 fully saturated rings. The molecule has 0 aliphatic rings. The largest absolute Gasteiger partial charge is 0.326 e. The summed E-state index contributed by atoms with van der Waals surface area (Å²) >= 11 is 1.34. The van der Waals surface area contributed by atoms with Crippen molar-refractivity contribution in [3.8, 4) is 6.07 Å². The lowest BCUT2D eigenvalue weighted by atomic mass is 10.3. The third-order valence-corrected chi connectivity index (χ3v) is 6.26. The summed E-state index contributed by atoms with van der Waals surface area (Å²) < 4.78 is 27.0. The van der Waals surface area contributed by atoms with Gasteiger partial charge in [-0.05, 0) is 49.4 Å². The van der Waals surface area contributed by atoms with Crippen molar-refractivity contribution in [3.05, 3.63) is 66.1 Å². The number of nitrogens with one attached hydrogen (secondary N) is 2. The number of aryl methyl sites for hydroxylation is 1. The molecule has 31 heavy (non-hydrogen) atoms. The first-order chi connectivity index (χ1) is 14.9. The molecule has 0 bridgehead atoms. The Balaban J connectivity index is 1.54. The SMILES string of the molecule is Cc1ccc(C#N)c(SCCC(=O)Nc2ccc(S(=O)(=O)Nc3ncccn3)cc2)n1. The zero-order chi connectivity index (χ0) is 22.3. The Morgan fingerprint density at radius 2 is 1.84 bits per heavy atom. The second-order valence-corrected chi connectivity index (χ2v) is 9.03. The van der Waals surface area contributed by atoms with Crippen LogP contribution in [-0.4, -0.2) is 35.0 Å². The molecule has 2 aromatic heterocycles. The summed E-state index contributed by atoms with van der Waals surface area (Å²) in [5.74, 6) is 0.190. The topological polar surface area (TPSA) is 138 Å². The molecule has 3 rings (SSSR count). The van der Waals surface area contributed by atoms with E-state index in [0.29, 0.717) is 22.0 Å². The van der Waals surface area contributed by atoms with Crippen LogP contribution < -0.4 is 10.0 Å². The van der Waals surface area contributed by atoms with Crippen molar-refractivity contribution in [1.82, 2.24) is 15.0 Å². The monoisotopic (exact) mass is 454 g/mol. The minimum absolute atomic E-state index is 0.0167. The standard InChI is InChI=1S/C20H18N6O3S2/c1-14-3-4-15(13-21)19(24-14)30-12-9-18(27)25-16-5-7-17(8-6-16)31(28,29)26-20-22-10-2-11-23-20/h2-8,10-11H,9,12H2,1H3,(H,25,27)(H,22,23,26). The van der Waals surface area contributed by atoms with Crippen molar-refractivity contribution in [3.63, 3.8) is 0 Å². The molecule has 1 aromatic carbocycles. The van der Waals surface area contributed by atoms with Gasteiger partial charge in [-0.2, -0.15) is 5.26 Å². The highest BCUT2D eigenvalue weighted by Gasteiger charge is 2.15. The number of aromatic nitrogens is 3.